The molecule has 180 valence electrons. The van der Waals surface area contributed by atoms with Crippen molar-refractivity contribution in [1.82, 2.24) is 19.7 Å². The second-order valence-electron chi connectivity index (χ2n) is 9.19. The zero-order valence-electron chi connectivity index (χ0n) is 19.9. The number of carbonyl (C=O) groups is 3. The summed E-state index contributed by atoms with van der Waals surface area (Å²) in [7, 11) is 3.48. The maximum Gasteiger partial charge on any atom is 0.254 e. The first kappa shape index (κ1) is 23.7. The standard InChI is InChI=1S/C26H32N4O4/c1-28(2)25(33)26(22-10-3-4-13-27-22)12-7-15-30(19-26)24(32)20-8-5-9-21(18-20)34-17-16-29-14-6-11-23(29)31/h3-5,8-10,13,18H,6-7,11-12,14-17,19H2,1-2H3/t26-/m1/s1. The average molecular weight is 465 g/mol. The molecule has 34 heavy (non-hydrogen) atoms. The molecule has 0 spiro atoms. The predicted molar refractivity (Wildman–Crippen MR) is 127 cm³/mol. The minimum Gasteiger partial charge on any atom is -0.492 e. The molecule has 4 rings (SSSR count). The fraction of sp³-hybridized carbons (Fsp3) is 0.462. The number of pyridine rings is 1. The summed E-state index contributed by atoms with van der Waals surface area (Å²) in [6, 6.07) is 12.7. The molecule has 0 saturated carbocycles. The van der Waals surface area contributed by atoms with Gasteiger partial charge in [-0.25, -0.2) is 0 Å². The van der Waals surface area contributed by atoms with Crippen LogP contribution in [-0.4, -0.2) is 84.3 Å². The van der Waals surface area contributed by atoms with Gasteiger partial charge in [0.1, 0.15) is 17.8 Å². The molecule has 8 heteroatoms. The molecule has 2 saturated heterocycles. The molecule has 2 fully saturated rings. The molecular weight excluding hydrogens is 432 g/mol. The molecule has 0 radical (unpaired) electrons. The van der Waals surface area contributed by atoms with Crippen molar-refractivity contribution in [2.24, 2.45) is 0 Å². The van der Waals surface area contributed by atoms with Crippen LogP contribution >= 0.6 is 0 Å². The van der Waals surface area contributed by atoms with Gasteiger partial charge in [0.05, 0.1) is 12.2 Å². The summed E-state index contributed by atoms with van der Waals surface area (Å²) in [5.41, 5.74) is 0.346. The maximum atomic E-state index is 13.5. The van der Waals surface area contributed by atoms with E-state index in [2.05, 4.69) is 4.98 Å². The van der Waals surface area contributed by atoms with Crippen LogP contribution in [0.4, 0.5) is 0 Å². The Bertz CT molecular complexity index is 1040. The van der Waals surface area contributed by atoms with Gasteiger partial charge in [-0.3, -0.25) is 19.4 Å². The zero-order valence-corrected chi connectivity index (χ0v) is 19.9. The number of aromatic nitrogens is 1. The molecule has 3 heterocycles. The first-order chi connectivity index (χ1) is 16.4. The Morgan fingerprint density at radius 2 is 1.97 bits per heavy atom. The summed E-state index contributed by atoms with van der Waals surface area (Å²) in [6.45, 7) is 2.56. The van der Waals surface area contributed by atoms with E-state index >= 15 is 0 Å². The van der Waals surface area contributed by atoms with Crippen molar-refractivity contribution in [3.05, 3.63) is 59.9 Å². The highest BCUT2D eigenvalue weighted by atomic mass is 16.5. The molecule has 2 aliphatic rings. The van der Waals surface area contributed by atoms with Crippen molar-refractivity contribution in [2.45, 2.75) is 31.1 Å². The Kier molecular flexibility index (Phi) is 7.14. The van der Waals surface area contributed by atoms with Crippen LogP contribution in [0.2, 0.25) is 0 Å². The number of nitrogens with zero attached hydrogens (tertiary/aromatic N) is 4. The molecule has 1 atom stereocenters. The van der Waals surface area contributed by atoms with Gasteiger partial charge in [0.2, 0.25) is 11.8 Å². The Morgan fingerprint density at radius 1 is 1.12 bits per heavy atom. The number of likely N-dealkylation sites (N-methyl/N-ethyl adjacent to an activating group) is 1. The molecule has 0 bridgehead atoms. The molecule has 1 aromatic carbocycles. The van der Waals surface area contributed by atoms with Crippen LogP contribution in [0.1, 0.15) is 41.7 Å². The van der Waals surface area contributed by atoms with E-state index in [4.69, 9.17) is 4.74 Å². The smallest absolute Gasteiger partial charge is 0.254 e. The Morgan fingerprint density at radius 3 is 2.68 bits per heavy atom. The molecular formula is C26H32N4O4. The summed E-state index contributed by atoms with van der Waals surface area (Å²) in [5.74, 6) is 0.583. The summed E-state index contributed by atoms with van der Waals surface area (Å²) < 4.78 is 5.84. The molecule has 3 amide bonds. The number of hydrogen-bond donors (Lipinski definition) is 0. The summed E-state index contributed by atoms with van der Waals surface area (Å²) in [4.78, 5) is 48.2. The lowest BCUT2D eigenvalue weighted by Crippen LogP contribution is -2.56. The minimum atomic E-state index is -0.866. The summed E-state index contributed by atoms with van der Waals surface area (Å²) >= 11 is 0. The second kappa shape index (κ2) is 10.2. The fourth-order valence-electron chi connectivity index (χ4n) is 4.91. The number of carbonyl (C=O) groups excluding carboxylic acids is 3. The molecule has 0 unspecified atom stereocenters. The largest absolute Gasteiger partial charge is 0.492 e. The lowest BCUT2D eigenvalue weighted by Gasteiger charge is -2.42. The van der Waals surface area contributed by atoms with E-state index < -0.39 is 5.41 Å². The zero-order chi connectivity index (χ0) is 24.1. The van der Waals surface area contributed by atoms with Gasteiger partial charge >= 0.3 is 0 Å². The third-order valence-electron chi connectivity index (χ3n) is 6.63. The van der Waals surface area contributed by atoms with E-state index in [1.54, 1.807) is 48.3 Å². The van der Waals surface area contributed by atoms with Gasteiger partial charge in [-0.05, 0) is 49.6 Å². The van der Waals surface area contributed by atoms with Crippen molar-refractivity contribution < 1.29 is 19.1 Å². The molecule has 2 aliphatic heterocycles. The SMILES string of the molecule is CN(C)C(=O)[C@]1(c2ccccn2)CCCN(C(=O)c2cccc(OCCN3CCCC3=O)c2)C1. The Labute approximate surface area is 200 Å². The quantitative estimate of drug-likeness (QED) is 0.628. The van der Waals surface area contributed by atoms with E-state index in [1.807, 2.05) is 29.2 Å². The highest BCUT2D eigenvalue weighted by Crippen LogP contribution is 2.35. The Hall–Kier alpha value is -3.42. The van der Waals surface area contributed by atoms with Gasteiger partial charge in [-0.2, -0.15) is 0 Å². The van der Waals surface area contributed by atoms with Crippen LogP contribution < -0.4 is 4.74 Å². The molecule has 0 aliphatic carbocycles. The highest BCUT2D eigenvalue weighted by Gasteiger charge is 2.46. The van der Waals surface area contributed by atoms with E-state index in [0.717, 1.165) is 13.0 Å². The van der Waals surface area contributed by atoms with Crippen LogP contribution in [0, 0.1) is 0 Å². The number of piperidine rings is 1. The van der Waals surface area contributed by atoms with Gasteiger partial charge in [0.15, 0.2) is 0 Å². The second-order valence-corrected chi connectivity index (χ2v) is 9.19. The summed E-state index contributed by atoms with van der Waals surface area (Å²) in [6.07, 6.45) is 4.55. The lowest BCUT2D eigenvalue weighted by atomic mass is 9.75. The van der Waals surface area contributed by atoms with Crippen LogP contribution in [0.15, 0.2) is 48.7 Å². The van der Waals surface area contributed by atoms with Crippen LogP contribution in [0.25, 0.3) is 0 Å². The number of likely N-dealkylation sites (tertiary alicyclic amines) is 2. The number of hydrogen-bond acceptors (Lipinski definition) is 5. The first-order valence-corrected chi connectivity index (χ1v) is 11.8. The monoisotopic (exact) mass is 464 g/mol. The Balaban J connectivity index is 1.48. The van der Waals surface area contributed by atoms with Crippen LogP contribution in [-0.2, 0) is 15.0 Å². The fourth-order valence-corrected chi connectivity index (χ4v) is 4.91. The molecule has 2 aromatic rings. The van der Waals surface area contributed by atoms with Gasteiger partial charge in [-0.1, -0.05) is 12.1 Å². The third kappa shape index (κ3) is 4.90. The van der Waals surface area contributed by atoms with Gasteiger partial charge in [-0.15, -0.1) is 0 Å². The highest BCUT2D eigenvalue weighted by molar-refractivity contribution is 5.96. The van der Waals surface area contributed by atoms with Gasteiger partial charge in [0.25, 0.3) is 5.91 Å². The van der Waals surface area contributed by atoms with E-state index in [9.17, 15) is 14.4 Å². The van der Waals surface area contributed by atoms with E-state index in [0.29, 0.717) is 56.0 Å². The molecule has 8 nitrogen and oxygen atoms in total. The van der Waals surface area contributed by atoms with Gasteiger partial charge < -0.3 is 19.4 Å². The number of ether oxygens (including phenoxy) is 1. The van der Waals surface area contributed by atoms with Crippen molar-refractivity contribution in [3.63, 3.8) is 0 Å². The minimum absolute atomic E-state index is 0.0442. The lowest BCUT2D eigenvalue weighted by molar-refractivity contribution is -0.137. The topological polar surface area (TPSA) is 83.1 Å². The van der Waals surface area contributed by atoms with Crippen molar-refractivity contribution in [1.29, 1.82) is 0 Å². The van der Waals surface area contributed by atoms with Crippen LogP contribution in [0.3, 0.4) is 0 Å². The van der Waals surface area contributed by atoms with Crippen molar-refractivity contribution >= 4 is 17.7 Å². The van der Waals surface area contributed by atoms with Crippen LogP contribution in [0.5, 0.6) is 5.75 Å². The number of rotatable bonds is 7. The number of amides is 3. The van der Waals surface area contributed by atoms with E-state index in [-0.39, 0.29) is 24.3 Å². The maximum absolute atomic E-state index is 13.5. The normalized spacial score (nSPS) is 20.4. The van der Waals surface area contributed by atoms with Gasteiger partial charge in [0, 0.05) is 51.9 Å². The molecule has 1 aromatic heterocycles. The third-order valence-corrected chi connectivity index (χ3v) is 6.63. The van der Waals surface area contributed by atoms with Crippen molar-refractivity contribution in [2.75, 3.05) is 46.9 Å². The molecule has 0 N–H and O–H groups in total. The average Bonchev–Trinajstić information content (AvgIpc) is 3.28. The van der Waals surface area contributed by atoms with E-state index in [1.165, 1.54) is 0 Å². The predicted octanol–water partition coefficient (Wildman–Crippen LogP) is 2.34. The summed E-state index contributed by atoms with van der Waals surface area (Å²) in [5, 5.41) is 0. The van der Waals surface area contributed by atoms with Crippen molar-refractivity contribution in [3.8, 4) is 5.75 Å². The first-order valence-electron chi connectivity index (χ1n) is 11.8. The number of benzene rings is 1.